The van der Waals surface area contributed by atoms with Crippen molar-refractivity contribution in [3.8, 4) is 5.75 Å². The topological polar surface area (TPSA) is 64.1 Å². The van der Waals surface area contributed by atoms with Crippen molar-refractivity contribution in [3.05, 3.63) is 47.0 Å². The fourth-order valence-corrected chi connectivity index (χ4v) is 2.10. The van der Waals surface area contributed by atoms with Crippen LogP contribution in [0.25, 0.3) is 0 Å². The number of aromatic nitrogens is 2. The minimum absolute atomic E-state index is 0.229. The van der Waals surface area contributed by atoms with E-state index in [1.165, 1.54) is 0 Å². The van der Waals surface area contributed by atoms with Gasteiger partial charge in [0.05, 0.1) is 24.1 Å². The molecule has 2 rings (SSSR count). The number of aryl methyl sites for hydroxylation is 2. The average molecular weight is 299 g/mol. The van der Waals surface area contributed by atoms with Crippen LogP contribution in [0.1, 0.15) is 47.2 Å². The molecule has 0 spiro atoms. The lowest BCUT2D eigenvalue weighted by Crippen LogP contribution is -2.16. The van der Waals surface area contributed by atoms with Crippen LogP contribution in [0, 0.1) is 13.8 Å². The molecule has 0 bridgehead atoms. The maximum Gasteiger partial charge on any atom is 0.259 e. The normalized spacial score (nSPS) is 10.6. The monoisotopic (exact) mass is 299 g/mol. The fraction of sp³-hybridized carbons (Fsp3) is 0.353. The van der Waals surface area contributed by atoms with Gasteiger partial charge in [-0.15, -0.1) is 0 Å². The Morgan fingerprint density at radius 1 is 1.27 bits per heavy atom. The van der Waals surface area contributed by atoms with Crippen LogP contribution in [0.5, 0.6) is 5.75 Å². The lowest BCUT2D eigenvalue weighted by Gasteiger charge is -2.12. The summed E-state index contributed by atoms with van der Waals surface area (Å²) in [5.74, 6) is 1.35. The van der Waals surface area contributed by atoms with Crippen LogP contribution >= 0.6 is 0 Å². The van der Waals surface area contributed by atoms with Crippen LogP contribution in [0.3, 0.4) is 0 Å². The van der Waals surface area contributed by atoms with Crippen molar-refractivity contribution in [2.75, 3.05) is 12.4 Å². The van der Waals surface area contributed by atoms with Gasteiger partial charge in [-0.3, -0.25) is 4.79 Å². The Bertz CT molecular complexity index is 696. The van der Waals surface area contributed by atoms with E-state index in [-0.39, 0.29) is 11.8 Å². The average Bonchev–Trinajstić information content (AvgIpc) is 2.47. The Balaban J connectivity index is 2.28. The minimum atomic E-state index is -0.239. The van der Waals surface area contributed by atoms with Crippen molar-refractivity contribution in [3.63, 3.8) is 0 Å². The van der Waals surface area contributed by atoms with E-state index in [4.69, 9.17) is 4.74 Å². The molecule has 0 fully saturated rings. The van der Waals surface area contributed by atoms with Crippen molar-refractivity contribution in [1.82, 2.24) is 9.97 Å². The fourth-order valence-electron chi connectivity index (χ4n) is 2.10. The van der Waals surface area contributed by atoms with Crippen molar-refractivity contribution >= 4 is 11.6 Å². The molecule has 1 N–H and O–H groups in total. The molecule has 1 aromatic carbocycles. The molecule has 0 saturated heterocycles. The van der Waals surface area contributed by atoms with Crippen molar-refractivity contribution in [1.29, 1.82) is 0 Å². The van der Waals surface area contributed by atoms with Gasteiger partial charge in [0, 0.05) is 12.1 Å². The van der Waals surface area contributed by atoms with Gasteiger partial charge in [-0.2, -0.15) is 0 Å². The van der Waals surface area contributed by atoms with E-state index in [0.29, 0.717) is 22.7 Å². The lowest BCUT2D eigenvalue weighted by molar-refractivity contribution is 0.102. The zero-order chi connectivity index (χ0) is 16.3. The molecule has 22 heavy (non-hydrogen) atoms. The van der Waals surface area contributed by atoms with Gasteiger partial charge in [0.2, 0.25) is 0 Å². The minimum Gasteiger partial charge on any atom is -0.495 e. The van der Waals surface area contributed by atoms with Crippen LogP contribution in [0.2, 0.25) is 0 Å². The third-order valence-electron chi connectivity index (χ3n) is 3.36. The number of methoxy groups -OCH3 is 1. The molecular weight excluding hydrogens is 278 g/mol. The third-order valence-corrected chi connectivity index (χ3v) is 3.36. The van der Waals surface area contributed by atoms with Crippen molar-refractivity contribution < 1.29 is 9.53 Å². The molecule has 0 atom stereocenters. The Kier molecular flexibility index (Phi) is 4.75. The predicted molar refractivity (Wildman–Crippen MR) is 86.5 cm³/mol. The van der Waals surface area contributed by atoms with Crippen LogP contribution in [-0.4, -0.2) is 23.0 Å². The number of nitrogens with zero attached hydrogens (tertiary/aromatic N) is 2. The first kappa shape index (κ1) is 15.9. The van der Waals surface area contributed by atoms with E-state index in [9.17, 15) is 4.79 Å². The molecule has 0 aliphatic heterocycles. The van der Waals surface area contributed by atoms with E-state index < -0.39 is 0 Å². The smallest absolute Gasteiger partial charge is 0.259 e. The first-order valence-electron chi connectivity index (χ1n) is 7.22. The van der Waals surface area contributed by atoms with Crippen molar-refractivity contribution in [2.24, 2.45) is 0 Å². The molecule has 116 valence electrons. The SMILES string of the molecule is COc1ccc(C)cc1NC(=O)c1cnc(C(C)C)nc1C. The molecule has 5 nitrogen and oxygen atoms in total. The first-order valence-corrected chi connectivity index (χ1v) is 7.22. The summed E-state index contributed by atoms with van der Waals surface area (Å²) in [5.41, 5.74) is 2.81. The van der Waals surface area contributed by atoms with E-state index >= 15 is 0 Å². The molecule has 0 aliphatic rings. The summed E-state index contributed by atoms with van der Waals surface area (Å²) in [7, 11) is 1.58. The van der Waals surface area contributed by atoms with E-state index in [1.54, 1.807) is 13.3 Å². The summed E-state index contributed by atoms with van der Waals surface area (Å²) >= 11 is 0. The van der Waals surface area contributed by atoms with Gasteiger partial charge in [0.25, 0.3) is 5.91 Å². The molecule has 0 saturated carbocycles. The summed E-state index contributed by atoms with van der Waals surface area (Å²) in [6.45, 7) is 7.81. The van der Waals surface area contributed by atoms with Gasteiger partial charge in [-0.05, 0) is 31.5 Å². The Hall–Kier alpha value is -2.43. The second-order valence-corrected chi connectivity index (χ2v) is 5.54. The maximum absolute atomic E-state index is 12.4. The Morgan fingerprint density at radius 2 is 2.00 bits per heavy atom. The Labute approximate surface area is 130 Å². The molecular formula is C17H21N3O2. The zero-order valence-corrected chi connectivity index (χ0v) is 13.6. The highest BCUT2D eigenvalue weighted by Gasteiger charge is 2.15. The first-order chi connectivity index (χ1) is 10.4. The summed E-state index contributed by atoms with van der Waals surface area (Å²) in [6, 6.07) is 5.63. The van der Waals surface area contributed by atoms with Crippen LogP contribution in [-0.2, 0) is 0 Å². The van der Waals surface area contributed by atoms with Crippen LogP contribution < -0.4 is 10.1 Å². The number of nitrogens with one attached hydrogen (secondary N) is 1. The molecule has 2 aromatic rings. The molecule has 1 amide bonds. The zero-order valence-electron chi connectivity index (χ0n) is 13.6. The molecule has 1 aromatic heterocycles. The van der Waals surface area contributed by atoms with Gasteiger partial charge in [-0.25, -0.2) is 9.97 Å². The number of rotatable bonds is 4. The van der Waals surface area contributed by atoms with E-state index in [0.717, 1.165) is 11.4 Å². The number of anilines is 1. The quantitative estimate of drug-likeness (QED) is 0.938. The number of benzene rings is 1. The highest BCUT2D eigenvalue weighted by atomic mass is 16.5. The largest absolute Gasteiger partial charge is 0.495 e. The number of hydrogen-bond donors (Lipinski definition) is 1. The molecule has 0 radical (unpaired) electrons. The van der Waals surface area contributed by atoms with Crippen molar-refractivity contribution in [2.45, 2.75) is 33.6 Å². The van der Waals surface area contributed by atoms with Gasteiger partial charge >= 0.3 is 0 Å². The molecule has 0 aliphatic carbocycles. The second-order valence-electron chi connectivity index (χ2n) is 5.54. The maximum atomic E-state index is 12.4. The van der Waals surface area contributed by atoms with Crippen LogP contribution in [0.15, 0.2) is 24.4 Å². The Morgan fingerprint density at radius 3 is 2.59 bits per heavy atom. The number of ether oxygens (including phenoxy) is 1. The summed E-state index contributed by atoms with van der Waals surface area (Å²) in [6.07, 6.45) is 1.58. The van der Waals surface area contributed by atoms with Gasteiger partial charge in [0.15, 0.2) is 0 Å². The highest BCUT2D eigenvalue weighted by Crippen LogP contribution is 2.26. The number of hydrogen-bond acceptors (Lipinski definition) is 4. The lowest BCUT2D eigenvalue weighted by atomic mass is 10.1. The predicted octanol–water partition coefficient (Wildman–Crippen LogP) is 3.48. The van der Waals surface area contributed by atoms with E-state index in [1.807, 2.05) is 45.9 Å². The van der Waals surface area contributed by atoms with Gasteiger partial charge in [-0.1, -0.05) is 19.9 Å². The van der Waals surface area contributed by atoms with Gasteiger partial charge < -0.3 is 10.1 Å². The molecule has 5 heteroatoms. The summed E-state index contributed by atoms with van der Waals surface area (Å²) in [5, 5.41) is 2.86. The third kappa shape index (κ3) is 3.42. The standard InChI is InChI=1S/C17H21N3O2/c1-10(2)16-18-9-13(12(4)19-16)17(21)20-14-8-11(3)6-7-15(14)22-5/h6-10H,1-5H3,(H,20,21). The summed E-state index contributed by atoms with van der Waals surface area (Å²) < 4.78 is 5.27. The summed E-state index contributed by atoms with van der Waals surface area (Å²) in [4.78, 5) is 21.1. The number of amides is 1. The number of carbonyl (C=O) groups is 1. The van der Waals surface area contributed by atoms with Gasteiger partial charge in [0.1, 0.15) is 11.6 Å². The highest BCUT2D eigenvalue weighted by molar-refractivity contribution is 6.05. The second kappa shape index (κ2) is 6.56. The van der Waals surface area contributed by atoms with E-state index in [2.05, 4.69) is 15.3 Å². The number of carbonyl (C=O) groups excluding carboxylic acids is 1. The van der Waals surface area contributed by atoms with Crippen LogP contribution in [0.4, 0.5) is 5.69 Å². The molecule has 0 unspecified atom stereocenters. The molecule has 1 heterocycles.